The Labute approximate surface area is 99.6 Å². The summed E-state index contributed by atoms with van der Waals surface area (Å²) in [5.74, 6) is 0.170. The van der Waals surface area contributed by atoms with Crippen LogP contribution in [0.25, 0.3) is 0 Å². The number of thioether (sulfide) groups is 1. The zero-order chi connectivity index (χ0) is 12.3. The normalized spacial score (nSPS) is 11.8. The lowest BCUT2D eigenvalue weighted by Crippen LogP contribution is -2.08. The lowest BCUT2D eigenvalue weighted by Gasteiger charge is -2.13. The number of hydrogen-bond acceptors (Lipinski definition) is 3. The van der Waals surface area contributed by atoms with Crippen molar-refractivity contribution in [3.63, 3.8) is 0 Å². The molecule has 0 aliphatic carbocycles. The number of benzene rings is 1. The highest BCUT2D eigenvalue weighted by Crippen LogP contribution is 2.40. The number of nitrogens with two attached hydrogens (primary N) is 1. The minimum Gasteiger partial charge on any atom is -0.398 e. The van der Waals surface area contributed by atoms with Crippen LogP contribution < -0.4 is 5.73 Å². The fourth-order valence-electron chi connectivity index (χ4n) is 1.07. The van der Waals surface area contributed by atoms with E-state index in [9.17, 15) is 13.2 Å². The maximum absolute atomic E-state index is 12.6. The van der Waals surface area contributed by atoms with E-state index < -0.39 is 11.7 Å². The standard InChI is InChI=1S/C9H9ClF3NOS/c10-6-4-8(16-2-1-15)5(3-7(6)14)9(11,12)13/h3-4,15H,1-2,14H2. The molecule has 1 rings (SSSR count). The van der Waals surface area contributed by atoms with Gasteiger partial charge in [0.25, 0.3) is 0 Å². The van der Waals surface area contributed by atoms with Crippen LogP contribution in [0.1, 0.15) is 5.56 Å². The summed E-state index contributed by atoms with van der Waals surface area (Å²) in [7, 11) is 0. The summed E-state index contributed by atoms with van der Waals surface area (Å²) in [4.78, 5) is -0.0271. The van der Waals surface area contributed by atoms with Gasteiger partial charge in [-0.05, 0) is 12.1 Å². The topological polar surface area (TPSA) is 46.2 Å². The molecule has 1 aromatic carbocycles. The summed E-state index contributed by atoms with van der Waals surface area (Å²) < 4.78 is 37.8. The van der Waals surface area contributed by atoms with Gasteiger partial charge in [0, 0.05) is 10.6 Å². The summed E-state index contributed by atoms with van der Waals surface area (Å²) in [6.07, 6.45) is -4.48. The van der Waals surface area contributed by atoms with Crippen LogP contribution in [0.15, 0.2) is 17.0 Å². The van der Waals surface area contributed by atoms with Crippen molar-refractivity contribution < 1.29 is 18.3 Å². The lowest BCUT2D eigenvalue weighted by atomic mass is 10.2. The molecule has 7 heteroatoms. The highest BCUT2D eigenvalue weighted by molar-refractivity contribution is 7.99. The van der Waals surface area contributed by atoms with Crippen LogP contribution in [0.4, 0.5) is 18.9 Å². The number of nitrogen functional groups attached to an aromatic ring is 1. The van der Waals surface area contributed by atoms with Crippen molar-refractivity contribution in [2.45, 2.75) is 11.1 Å². The Morgan fingerprint density at radius 1 is 1.38 bits per heavy atom. The van der Waals surface area contributed by atoms with Gasteiger partial charge in [-0.3, -0.25) is 0 Å². The zero-order valence-corrected chi connectivity index (χ0v) is 9.59. The van der Waals surface area contributed by atoms with Crippen LogP contribution >= 0.6 is 23.4 Å². The molecule has 0 bridgehead atoms. The van der Waals surface area contributed by atoms with E-state index in [2.05, 4.69) is 0 Å². The molecule has 16 heavy (non-hydrogen) atoms. The molecule has 0 amide bonds. The fraction of sp³-hybridized carbons (Fsp3) is 0.333. The van der Waals surface area contributed by atoms with E-state index in [0.717, 1.165) is 17.8 Å². The molecule has 0 atom stereocenters. The van der Waals surface area contributed by atoms with Gasteiger partial charge in [0.15, 0.2) is 0 Å². The van der Waals surface area contributed by atoms with Crippen molar-refractivity contribution >= 4 is 29.1 Å². The molecular formula is C9H9ClF3NOS. The quantitative estimate of drug-likeness (QED) is 0.656. The minimum atomic E-state index is -4.48. The molecule has 90 valence electrons. The summed E-state index contributed by atoms with van der Waals surface area (Å²) in [5, 5.41) is 8.66. The minimum absolute atomic E-state index is 0.0271. The van der Waals surface area contributed by atoms with Gasteiger partial charge in [0.05, 0.1) is 22.9 Å². The zero-order valence-electron chi connectivity index (χ0n) is 8.01. The summed E-state index contributed by atoms with van der Waals surface area (Å²) in [6, 6.07) is 1.97. The molecule has 0 aliphatic heterocycles. The molecular weight excluding hydrogens is 263 g/mol. The van der Waals surface area contributed by atoms with Crippen molar-refractivity contribution in [1.29, 1.82) is 0 Å². The van der Waals surface area contributed by atoms with Crippen molar-refractivity contribution in [2.24, 2.45) is 0 Å². The molecule has 0 unspecified atom stereocenters. The van der Waals surface area contributed by atoms with E-state index >= 15 is 0 Å². The van der Waals surface area contributed by atoms with Gasteiger partial charge >= 0.3 is 6.18 Å². The Morgan fingerprint density at radius 3 is 2.50 bits per heavy atom. The van der Waals surface area contributed by atoms with Gasteiger partial charge in [-0.15, -0.1) is 11.8 Å². The number of aliphatic hydroxyl groups excluding tert-OH is 1. The van der Waals surface area contributed by atoms with Crippen LogP contribution in [0.2, 0.25) is 5.02 Å². The highest BCUT2D eigenvalue weighted by atomic mass is 35.5. The van der Waals surface area contributed by atoms with Crippen molar-refractivity contribution in [1.82, 2.24) is 0 Å². The van der Waals surface area contributed by atoms with E-state index in [1.165, 1.54) is 6.07 Å². The van der Waals surface area contributed by atoms with Gasteiger partial charge in [0.2, 0.25) is 0 Å². The van der Waals surface area contributed by atoms with Gasteiger partial charge < -0.3 is 10.8 Å². The maximum Gasteiger partial charge on any atom is 0.417 e. The van der Waals surface area contributed by atoms with Gasteiger partial charge in [-0.2, -0.15) is 13.2 Å². The van der Waals surface area contributed by atoms with E-state index in [0.29, 0.717) is 0 Å². The molecule has 0 fully saturated rings. The second-order valence-corrected chi connectivity index (χ2v) is 4.48. The van der Waals surface area contributed by atoms with Crippen molar-refractivity contribution in [3.05, 3.63) is 22.7 Å². The van der Waals surface area contributed by atoms with E-state index in [4.69, 9.17) is 22.4 Å². The third-order valence-corrected chi connectivity index (χ3v) is 3.12. The van der Waals surface area contributed by atoms with E-state index in [-0.39, 0.29) is 28.0 Å². The number of halogens is 4. The number of rotatable bonds is 3. The van der Waals surface area contributed by atoms with Crippen LogP contribution in [-0.4, -0.2) is 17.5 Å². The molecule has 0 saturated heterocycles. The first kappa shape index (κ1) is 13.5. The molecule has 0 aliphatic rings. The second kappa shape index (κ2) is 5.16. The van der Waals surface area contributed by atoms with Crippen LogP contribution in [0.5, 0.6) is 0 Å². The summed E-state index contributed by atoms with van der Waals surface area (Å²) >= 11 is 6.53. The Balaban J connectivity index is 3.17. The third kappa shape index (κ3) is 3.20. The monoisotopic (exact) mass is 271 g/mol. The Kier molecular flexibility index (Phi) is 4.35. The number of alkyl halides is 3. The third-order valence-electron chi connectivity index (χ3n) is 1.75. The largest absolute Gasteiger partial charge is 0.417 e. The Bertz CT molecular complexity index is 384. The molecule has 0 spiro atoms. The van der Waals surface area contributed by atoms with E-state index in [1.54, 1.807) is 0 Å². The molecule has 2 nitrogen and oxygen atoms in total. The Morgan fingerprint density at radius 2 is 2.00 bits per heavy atom. The fourth-order valence-corrected chi connectivity index (χ4v) is 2.14. The predicted octanol–water partition coefficient (Wildman–Crippen LogP) is 3.03. The molecule has 0 aromatic heterocycles. The summed E-state index contributed by atoms with van der Waals surface area (Å²) in [6.45, 7) is -0.204. The predicted molar refractivity (Wildman–Crippen MR) is 58.7 cm³/mol. The second-order valence-electron chi connectivity index (χ2n) is 2.94. The van der Waals surface area contributed by atoms with Gasteiger partial charge in [-0.25, -0.2) is 0 Å². The van der Waals surface area contributed by atoms with E-state index in [1.807, 2.05) is 0 Å². The maximum atomic E-state index is 12.6. The van der Waals surface area contributed by atoms with Crippen molar-refractivity contribution in [3.8, 4) is 0 Å². The molecule has 0 radical (unpaired) electrons. The molecule has 1 aromatic rings. The lowest BCUT2D eigenvalue weighted by molar-refractivity contribution is -0.139. The van der Waals surface area contributed by atoms with Gasteiger partial charge in [0.1, 0.15) is 0 Å². The van der Waals surface area contributed by atoms with Crippen LogP contribution in [0.3, 0.4) is 0 Å². The first-order chi connectivity index (χ1) is 7.36. The first-order valence-corrected chi connectivity index (χ1v) is 5.62. The average Bonchev–Trinajstić information content (AvgIpc) is 2.17. The first-order valence-electron chi connectivity index (χ1n) is 4.26. The van der Waals surface area contributed by atoms with Crippen molar-refractivity contribution in [2.75, 3.05) is 18.1 Å². The summed E-state index contributed by atoms with van der Waals surface area (Å²) in [5.41, 5.74) is 4.39. The highest BCUT2D eigenvalue weighted by Gasteiger charge is 2.34. The number of anilines is 1. The Hall–Kier alpha value is -0.590. The van der Waals surface area contributed by atoms with Crippen LogP contribution in [0, 0.1) is 0 Å². The average molecular weight is 272 g/mol. The SMILES string of the molecule is Nc1cc(C(F)(F)F)c(SCCO)cc1Cl. The number of aliphatic hydroxyl groups is 1. The number of hydrogen-bond donors (Lipinski definition) is 2. The van der Waals surface area contributed by atoms with Crippen LogP contribution in [-0.2, 0) is 6.18 Å². The van der Waals surface area contributed by atoms with Gasteiger partial charge in [-0.1, -0.05) is 11.6 Å². The molecule has 0 heterocycles. The molecule has 3 N–H and O–H groups in total. The smallest absolute Gasteiger partial charge is 0.398 e. The molecule has 0 saturated carbocycles.